The van der Waals surface area contributed by atoms with Crippen LogP contribution in [0.4, 0.5) is 0 Å². The molecule has 2 aromatic heterocycles. The predicted molar refractivity (Wildman–Crippen MR) is 469 cm³/mol. The number of hydrogen-bond donors (Lipinski definition) is 26. The number of amides is 12. The molecule has 0 fully saturated rings. The maximum Gasteiger partial charge on any atom is 0.243 e. The van der Waals surface area contributed by atoms with Crippen LogP contribution in [0.2, 0.25) is 0 Å². The van der Waals surface area contributed by atoms with E-state index in [0.717, 1.165) is 0 Å². The molecule has 0 aliphatic carbocycles. The van der Waals surface area contributed by atoms with Crippen molar-refractivity contribution in [2.75, 3.05) is 26.2 Å². The number of hydrogen-bond acceptors (Lipinski definition) is 20. The molecule has 2 unspecified atom stereocenters. The third kappa shape index (κ3) is 34.0. The second-order valence-electron chi connectivity index (χ2n) is 30.2. The van der Waals surface area contributed by atoms with Gasteiger partial charge in [-0.15, -0.1) is 0 Å². The molecule has 0 spiro atoms. The monoisotopic (exact) mass is 1720 g/mol. The van der Waals surface area contributed by atoms with Gasteiger partial charge < -0.3 is 142 Å². The second-order valence-corrected chi connectivity index (χ2v) is 30.2. The number of guanidine groups is 4. The minimum Gasteiger partial charge on any atom is -0.508 e. The first-order valence-corrected chi connectivity index (χ1v) is 41.1. The van der Waals surface area contributed by atoms with Crippen LogP contribution in [0, 0.1) is 0 Å². The number of nitrogens with two attached hydrogens (primary N) is 12. The molecule has 42 heteroatoms. The molecule has 0 saturated heterocycles. The van der Waals surface area contributed by atoms with E-state index in [-0.39, 0.29) is 177 Å². The highest BCUT2D eigenvalue weighted by Crippen LogP contribution is 2.23. The number of aromatic nitrogens is 2. The predicted octanol–water partition coefficient (Wildman–Crippen LogP) is -3.82. The SMILES string of the molecule is CCC[C@H](NC(=O)[C@H](CCCN=C(N)N)NC(=O)[C@H](Cc1c[nH]c2ccccc12)NC(=O)C(N)CCCCC(N)C(=O)N[C@@H](Cc1c[nH]c2ccccc12)C(=O)N[C@@H](CCCN=C(N)N)C(=O)N[C@@H](CCC)C(=O)N[C@@H](CCCN=C(N)N)C(=O)N[C@@H](Cc1ccc(O)cc1)C(N)=O)C(=O)N[C@@H](CCCN=C(N)N)C(=O)N[C@@H](Cc1ccc(O)cc1)C(N)=O. The number of aromatic amines is 2. The molecule has 674 valence electrons. The lowest BCUT2D eigenvalue weighted by Gasteiger charge is -2.27. The Balaban J connectivity index is 1.17. The minimum absolute atomic E-state index is 0.00136. The van der Waals surface area contributed by atoms with E-state index in [2.05, 4.69) is 83.1 Å². The van der Waals surface area contributed by atoms with Crippen molar-refractivity contribution in [1.82, 2.24) is 63.1 Å². The highest BCUT2D eigenvalue weighted by Gasteiger charge is 2.37. The average Bonchev–Trinajstić information content (AvgIpc) is 1.68. The fraction of sp³-hybridized carbons (Fsp3) is 0.463. The zero-order chi connectivity index (χ0) is 91.0. The van der Waals surface area contributed by atoms with Crippen molar-refractivity contribution in [1.29, 1.82) is 0 Å². The number of primary amides is 2. The third-order valence-electron chi connectivity index (χ3n) is 20.2. The van der Waals surface area contributed by atoms with Gasteiger partial charge in [0.05, 0.1) is 12.1 Å². The van der Waals surface area contributed by atoms with E-state index in [1.165, 1.54) is 24.3 Å². The number of para-hydroxylation sites is 2. The van der Waals surface area contributed by atoms with Crippen molar-refractivity contribution >= 4 is 117 Å². The number of fused-ring (bicyclic) bond motifs is 2. The molecule has 4 aromatic carbocycles. The number of carbonyl (C=O) groups excluding carboxylic acids is 12. The zero-order valence-electron chi connectivity index (χ0n) is 69.8. The smallest absolute Gasteiger partial charge is 0.243 e. The first-order chi connectivity index (χ1) is 59.1. The van der Waals surface area contributed by atoms with Crippen LogP contribution in [0.15, 0.2) is 129 Å². The Kier molecular flexibility index (Phi) is 40.8. The third-order valence-corrected chi connectivity index (χ3v) is 20.2. The lowest BCUT2D eigenvalue weighted by molar-refractivity contribution is -0.135. The number of aromatic hydroxyl groups is 2. The van der Waals surface area contributed by atoms with E-state index in [4.69, 9.17) is 68.8 Å². The molecule has 6 aromatic rings. The molecule has 12 atom stereocenters. The quantitative estimate of drug-likeness (QED) is 0.00988. The largest absolute Gasteiger partial charge is 0.508 e. The highest BCUT2D eigenvalue weighted by molar-refractivity contribution is 6.00. The van der Waals surface area contributed by atoms with Crippen LogP contribution in [0.3, 0.4) is 0 Å². The van der Waals surface area contributed by atoms with Crippen molar-refractivity contribution in [2.24, 2.45) is 88.8 Å². The van der Waals surface area contributed by atoms with E-state index >= 15 is 0 Å². The van der Waals surface area contributed by atoms with Crippen molar-refractivity contribution in [3.05, 3.63) is 132 Å². The van der Waals surface area contributed by atoms with Gasteiger partial charge in [0.1, 0.15) is 71.9 Å². The lowest BCUT2D eigenvalue weighted by Crippen LogP contribution is -2.59. The van der Waals surface area contributed by atoms with Gasteiger partial charge in [-0.25, -0.2) is 0 Å². The number of phenols is 2. The second kappa shape index (κ2) is 51.1. The number of carbonyl (C=O) groups is 12. The molecule has 2 heterocycles. The Morgan fingerprint density at radius 2 is 0.556 bits per heavy atom. The van der Waals surface area contributed by atoms with Gasteiger partial charge in [0.25, 0.3) is 0 Å². The summed E-state index contributed by atoms with van der Waals surface area (Å²) in [5.41, 5.74) is 73.2. The van der Waals surface area contributed by atoms with Gasteiger partial charge in [0.2, 0.25) is 70.9 Å². The van der Waals surface area contributed by atoms with Crippen LogP contribution in [0.25, 0.3) is 21.8 Å². The summed E-state index contributed by atoms with van der Waals surface area (Å²) < 4.78 is 0. The molecule has 0 aliphatic rings. The first-order valence-electron chi connectivity index (χ1n) is 41.1. The fourth-order valence-electron chi connectivity index (χ4n) is 13.6. The molecule has 0 aliphatic heterocycles. The van der Waals surface area contributed by atoms with Crippen LogP contribution in [-0.2, 0) is 83.2 Å². The standard InChI is InChI=1S/C82H122N28O14/c1-3-15-57(71(117)103-61(25-13-37-97-81(91)92)75(121)107-63(67(85)113)39-45-27-31-49(111)32-28-45)101-73(119)59(23-11-35-95-79(87)88)105-77(123)65(41-47-43-99-55-21-9-5-17-51(47)55)109-69(115)53(83)19-7-8-20-54(84)70(116)110-66(42-48-44-100-56-22-10-6-18-52(48)56)78(124)106-60(24-12-36-96-80(89)90)74(120)102-58(16-4-2)72(118)104-62(26-14-38-98-82(93)94)76(122)108-64(68(86)114)40-46-29-33-50(112)34-30-46/h5-6,9-10,17-18,21-22,27-34,43-44,53-54,57-66,99-100,111-112H,3-4,7-8,11-16,19-20,23-26,35-42,83-84H2,1-2H3,(H2,85,113)(H2,86,114)(H,101,119)(H,102,120)(H,103,117)(H,104,118)(H,105,123)(H,106,124)(H,107,121)(H,108,122)(H,109,115)(H,110,116)(H4,87,88,95)(H4,89,90,96)(H4,91,92,97)(H4,93,94,98)/t53?,54?,57-,58-,59-,60-,61-,62-,63-,64-,65-,66-/m0/s1. The molecule has 38 N–H and O–H groups in total. The molecule has 12 amide bonds. The fourth-order valence-corrected chi connectivity index (χ4v) is 13.6. The van der Waals surface area contributed by atoms with E-state index < -0.39 is 143 Å². The van der Waals surface area contributed by atoms with E-state index in [1.54, 1.807) is 74.8 Å². The number of benzene rings is 4. The normalized spacial score (nSPS) is 14.0. The number of rotatable bonds is 55. The number of nitrogens with one attached hydrogen (secondary N) is 12. The molecule has 6 rings (SSSR count). The summed E-state index contributed by atoms with van der Waals surface area (Å²) in [6.07, 6.45) is 4.31. The van der Waals surface area contributed by atoms with E-state index in [0.29, 0.717) is 56.9 Å². The van der Waals surface area contributed by atoms with Gasteiger partial charge in [-0.2, -0.15) is 0 Å². The summed E-state index contributed by atoms with van der Waals surface area (Å²) in [5, 5.41) is 48.2. The average molecular weight is 1720 g/mol. The van der Waals surface area contributed by atoms with Gasteiger partial charge in [-0.05, 0) is 136 Å². The molecule has 42 nitrogen and oxygen atoms in total. The van der Waals surface area contributed by atoms with E-state index in [9.17, 15) is 67.7 Å². The number of unbranched alkanes of at least 4 members (excludes halogenated alkanes) is 1. The minimum atomic E-state index is -1.41. The highest BCUT2D eigenvalue weighted by atomic mass is 16.3. The van der Waals surface area contributed by atoms with Crippen molar-refractivity contribution in [3.8, 4) is 11.5 Å². The molecular formula is C82H122N28O14. The number of aliphatic imine (C=N–C) groups is 4. The summed E-state index contributed by atoms with van der Waals surface area (Å²) >= 11 is 0. The van der Waals surface area contributed by atoms with Crippen LogP contribution in [-0.4, -0.2) is 214 Å². The van der Waals surface area contributed by atoms with Crippen LogP contribution < -0.4 is 122 Å². The summed E-state index contributed by atoms with van der Waals surface area (Å²) in [7, 11) is 0. The van der Waals surface area contributed by atoms with E-state index in [1.807, 2.05) is 24.3 Å². The molecule has 0 saturated carbocycles. The summed E-state index contributed by atoms with van der Waals surface area (Å²) in [6.45, 7) is 3.62. The molecule has 0 radical (unpaired) electrons. The molecular weight excluding hydrogens is 1600 g/mol. The van der Waals surface area contributed by atoms with Gasteiger partial charge in [-0.1, -0.05) is 100 Å². The molecule has 0 bridgehead atoms. The Hall–Kier alpha value is -13.8. The van der Waals surface area contributed by atoms with Gasteiger partial charge in [0.15, 0.2) is 23.8 Å². The van der Waals surface area contributed by atoms with Crippen molar-refractivity contribution in [3.63, 3.8) is 0 Å². The molecule has 124 heavy (non-hydrogen) atoms. The number of H-pyrrole nitrogens is 2. The summed E-state index contributed by atoms with van der Waals surface area (Å²) in [6, 6.07) is 10.2. The van der Waals surface area contributed by atoms with Gasteiger partial charge in [0, 0.05) is 86.1 Å². The maximum atomic E-state index is 14.9. The Bertz CT molecular complexity index is 4380. The van der Waals surface area contributed by atoms with Crippen LogP contribution in [0.5, 0.6) is 11.5 Å². The zero-order valence-corrected chi connectivity index (χ0v) is 69.8. The van der Waals surface area contributed by atoms with Crippen LogP contribution in [0.1, 0.15) is 139 Å². The van der Waals surface area contributed by atoms with Crippen LogP contribution >= 0.6 is 0 Å². The number of nitrogens with zero attached hydrogens (tertiary/aromatic N) is 4. The van der Waals surface area contributed by atoms with Crippen molar-refractivity contribution in [2.45, 2.75) is 215 Å². The maximum absolute atomic E-state index is 14.9. The lowest BCUT2D eigenvalue weighted by atomic mass is 10.0. The van der Waals surface area contributed by atoms with Gasteiger partial charge in [-0.3, -0.25) is 77.5 Å². The van der Waals surface area contributed by atoms with Crippen molar-refractivity contribution < 1.29 is 67.7 Å². The van der Waals surface area contributed by atoms with Gasteiger partial charge >= 0.3 is 0 Å². The Morgan fingerprint density at radius 3 is 0.823 bits per heavy atom. The Morgan fingerprint density at radius 1 is 0.306 bits per heavy atom. The summed E-state index contributed by atoms with van der Waals surface area (Å²) in [5.74, 6) is -10.9. The number of phenolic OH excluding ortho intramolecular Hbond substituents is 2. The Labute approximate surface area is 717 Å². The first kappa shape index (κ1) is 99.0. The topological polar surface area (TPSA) is 759 Å². The summed E-state index contributed by atoms with van der Waals surface area (Å²) in [4.78, 5) is 193.